The second kappa shape index (κ2) is 11.0. The number of rotatable bonds is 10. The van der Waals surface area contributed by atoms with Gasteiger partial charge in [0, 0.05) is 13.0 Å². The lowest BCUT2D eigenvalue weighted by Gasteiger charge is -2.08. The summed E-state index contributed by atoms with van der Waals surface area (Å²) in [6, 6.07) is 13.8. The lowest BCUT2D eigenvalue weighted by atomic mass is 10.1. The van der Waals surface area contributed by atoms with E-state index in [0.717, 1.165) is 16.9 Å². The maximum Gasteiger partial charge on any atom is 0.306 e. The maximum atomic E-state index is 12.8. The molecule has 0 radical (unpaired) electrons. The monoisotopic (exact) mass is 373 g/mol. The molecule has 0 aliphatic heterocycles. The van der Waals surface area contributed by atoms with Gasteiger partial charge in [0.15, 0.2) is 6.61 Å². The van der Waals surface area contributed by atoms with Crippen molar-refractivity contribution in [1.82, 2.24) is 5.32 Å². The van der Waals surface area contributed by atoms with Gasteiger partial charge >= 0.3 is 5.97 Å². The molecular weight excluding hydrogens is 349 g/mol. The molecule has 2 aromatic rings. The summed E-state index contributed by atoms with van der Waals surface area (Å²) in [7, 11) is 0. The Kier molecular flexibility index (Phi) is 8.29. The predicted molar refractivity (Wildman–Crippen MR) is 100.0 cm³/mol. The van der Waals surface area contributed by atoms with E-state index in [1.165, 1.54) is 12.1 Å². The second-order valence-electron chi connectivity index (χ2n) is 6.16. The van der Waals surface area contributed by atoms with E-state index in [1.54, 1.807) is 12.1 Å². The minimum absolute atomic E-state index is 0.189. The van der Waals surface area contributed by atoms with Gasteiger partial charge in [-0.2, -0.15) is 0 Å². The number of amides is 1. The van der Waals surface area contributed by atoms with Crippen LogP contribution in [-0.4, -0.2) is 31.6 Å². The third-order valence-electron chi connectivity index (χ3n) is 3.80. The quantitative estimate of drug-likeness (QED) is 0.513. The zero-order valence-corrected chi connectivity index (χ0v) is 15.4. The minimum atomic E-state index is -0.434. The molecule has 2 aromatic carbocycles. The summed E-state index contributed by atoms with van der Waals surface area (Å²) >= 11 is 0. The SMILES string of the molecule is Cc1cccc(OCCCC(=O)OCC(=O)NCCc2ccc(F)cc2)c1. The van der Waals surface area contributed by atoms with Gasteiger partial charge in [-0.15, -0.1) is 0 Å². The fourth-order valence-corrected chi connectivity index (χ4v) is 2.38. The molecule has 0 aliphatic carbocycles. The van der Waals surface area contributed by atoms with Crippen molar-refractivity contribution in [2.75, 3.05) is 19.8 Å². The first kappa shape index (κ1) is 20.4. The lowest BCUT2D eigenvalue weighted by molar-refractivity contribution is -0.148. The van der Waals surface area contributed by atoms with Crippen molar-refractivity contribution < 1.29 is 23.5 Å². The Morgan fingerprint density at radius 2 is 1.89 bits per heavy atom. The number of esters is 1. The zero-order valence-electron chi connectivity index (χ0n) is 15.4. The molecular formula is C21H24FNO4. The average molecular weight is 373 g/mol. The van der Waals surface area contributed by atoms with Gasteiger partial charge in [-0.25, -0.2) is 4.39 Å². The number of carbonyl (C=O) groups excluding carboxylic acids is 2. The lowest BCUT2D eigenvalue weighted by Crippen LogP contribution is -2.30. The number of aryl methyl sites for hydroxylation is 1. The second-order valence-corrected chi connectivity index (χ2v) is 6.16. The van der Waals surface area contributed by atoms with Crippen LogP contribution in [0, 0.1) is 12.7 Å². The molecule has 6 heteroatoms. The van der Waals surface area contributed by atoms with Crippen molar-refractivity contribution in [3.05, 3.63) is 65.5 Å². The molecule has 0 fully saturated rings. The van der Waals surface area contributed by atoms with E-state index in [1.807, 2.05) is 31.2 Å². The van der Waals surface area contributed by atoms with Crippen LogP contribution in [0.5, 0.6) is 5.75 Å². The standard InChI is InChI=1S/C21H24FNO4/c1-16-4-2-5-19(14-16)26-13-3-6-21(25)27-15-20(24)23-12-11-17-7-9-18(22)10-8-17/h2,4-5,7-10,14H,3,6,11-13,15H2,1H3,(H,23,24). The summed E-state index contributed by atoms with van der Waals surface area (Å²) in [6.45, 7) is 2.48. The summed E-state index contributed by atoms with van der Waals surface area (Å²) in [5, 5.41) is 2.66. The highest BCUT2D eigenvalue weighted by atomic mass is 19.1. The molecule has 0 unspecified atom stereocenters. The summed E-state index contributed by atoms with van der Waals surface area (Å²) in [6.07, 6.45) is 1.28. The van der Waals surface area contributed by atoms with E-state index >= 15 is 0 Å². The molecule has 0 aromatic heterocycles. The van der Waals surface area contributed by atoms with E-state index in [-0.39, 0.29) is 24.8 Å². The third kappa shape index (κ3) is 8.35. The zero-order chi connectivity index (χ0) is 19.5. The van der Waals surface area contributed by atoms with E-state index in [2.05, 4.69) is 5.32 Å². The predicted octanol–water partition coefficient (Wildman–Crippen LogP) is 3.20. The van der Waals surface area contributed by atoms with Crippen molar-refractivity contribution in [1.29, 1.82) is 0 Å². The highest BCUT2D eigenvalue weighted by Crippen LogP contribution is 2.12. The molecule has 1 amide bonds. The van der Waals surface area contributed by atoms with Crippen LogP contribution in [0.3, 0.4) is 0 Å². The first-order valence-electron chi connectivity index (χ1n) is 8.89. The summed E-state index contributed by atoms with van der Waals surface area (Å²) in [4.78, 5) is 23.3. The van der Waals surface area contributed by atoms with E-state index in [0.29, 0.717) is 26.0 Å². The normalized spacial score (nSPS) is 10.3. The Hall–Kier alpha value is -2.89. The van der Waals surface area contributed by atoms with Crippen LogP contribution in [-0.2, 0) is 20.7 Å². The van der Waals surface area contributed by atoms with E-state index in [4.69, 9.17) is 9.47 Å². The number of carbonyl (C=O) groups is 2. The van der Waals surface area contributed by atoms with Crippen LogP contribution in [0.1, 0.15) is 24.0 Å². The molecule has 144 valence electrons. The summed E-state index contributed by atoms with van der Waals surface area (Å²) in [5.74, 6) is -0.319. The highest BCUT2D eigenvalue weighted by molar-refractivity contribution is 5.80. The Morgan fingerprint density at radius 3 is 2.63 bits per heavy atom. The molecule has 0 spiro atoms. The van der Waals surface area contributed by atoms with Crippen LogP contribution < -0.4 is 10.1 Å². The molecule has 0 bridgehead atoms. The summed E-state index contributed by atoms with van der Waals surface area (Å²) in [5.41, 5.74) is 2.03. The highest BCUT2D eigenvalue weighted by Gasteiger charge is 2.07. The Balaban J connectivity index is 1.52. The fraction of sp³-hybridized carbons (Fsp3) is 0.333. The van der Waals surface area contributed by atoms with Crippen molar-refractivity contribution in [3.63, 3.8) is 0 Å². The molecule has 0 saturated carbocycles. The third-order valence-corrected chi connectivity index (χ3v) is 3.80. The number of hydrogen-bond acceptors (Lipinski definition) is 4. The van der Waals surface area contributed by atoms with Crippen molar-refractivity contribution in [2.24, 2.45) is 0 Å². The number of halogens is 1. The first-order chi connectivity index (χ1) is 13.0. The van der Waals surface area contributed by atoms with Gasteiger partial charge in [-0.3, -0.25) is 9.59 Å². The fourth-order valence-electron chi connectivity index (χ4n) is 2.38. The van der Waals surface area contributed by atoms with Gasteiger partial charge < -0.3 is 14.8 Å². The largest absolute Gasteiger partial charge is 0.494 e. The average Bonchev–Trinajstić information content (AvgIpc) is 2.65. The number of nitrogens with one attached hydrogen (secondary N) is 1. The molecule has 0 heterocycles. The van der Waals surface area contributed by atoms with Crippen LogP contribution in [0.2, 0.25) is 0 Å². The molecule has 0 saturated heterocycles. The van der Waals surface area contributed by atoms with Crippen molar-refractivity contribution in [2.45, 2.75) is 26.2 Å². The summed E-state index contributed by atoms with van der Waals surface area (Å²) < 4.78 is 23.3. The first-order valence-corrected chi connectivity index (χ1v) is 8.89. The van der Waals surface area contributed by atoms with Crippen LogP contribution in [0.15, 0.2) is 48.5 Å². The van der Waals surface area contributed by atoms with Gasteiger partial charge in [0.1, 0.15) is 11.6 Å². The van der Waals surface area contributed by atoms with E-state index in [9.17, 15) is 14.0 Å². The molecule has 27 heavy (non-hydrogen) atoms. The maximum absolute atomic E-state index is 12.8. The van der Waals surface area contributed by atoms with Crippen LogP contribution in [0.4, 0.5) is 4.39 Å². The van der Waals surface area contributed by atoms with Gasteiger partial charge in [0.25, 0.3) is 5.91 Å². The van der Waals surface area contributed by atoms with E-state index < -0.39 is 5.97 Å². The molecule has 5 nitrogen and oxygen atoms in total. The van der Waals surface area contributed by atoms with Crippen molar-refractivity contribution >= 4 is 11.9 Å². The van der Waals surface area contributed by atoms with Gasteiger partial charge in [0.05, 0.1) is 6.61 Å². The van der Waals surface area contributed by atoms with Gasteiger partial charge in [-0.05, 0) is 55.2 Å². The van der Waals surface area contributed by atoms with Crippen molar-refractivity contribution in [3.8, 4) is 5.75 Å². The number of hydrogen-bond donors (Lipinski definition) is 1. The number of ether oxygens (including phenoxy) is 2. The van der Waals surface area contributed by atoms with Gasteiger partial charge in [0.2, 0.25) is 0 Å². The Bertz CT molecular complexity index is 746. The van der Waals surface area contributed by atoms with Crippen LogP contribution in [0.25, 0.3) is 0 Å². The molecule has 1 N–H and O–H groups in total. The molecule has 0 aliphatic rings. The molecule has 0 atom stereocenters. The minimum Gasteiger partial charge on any atom is -0.494 e. The molecule has 2 rings (SSSR count). The van der Waals surface area contributed by atoms with Gasteiger partial charge in [-0.1, -0.05) is 24.3 Å². The number of benzene rings is 2. The Labute approximate surface area is 158 Å². The van der Waals surface area contributed by atoms with Crippen LogP contribution >= 0.6 is 0 Å². The Morgan fingerprint density at radius 1 is 1.11 bits per heavy atom. The smallest absolute Gasteiger partial charge is 0.306 e. The topological polar surface area (TPSA) is 64.6 Å².